The second-order valence-corrected chi connectivity index (χ2v) is 9.24. The fourth-order valence-corrected chi connectivity index (χ4v) is 5.73. The number of para-hydroxylation sites is 1. The van der Waals surface area contributed by atoms with Gasteiger partial charge in [0.05, 0.1) is 15.6 Å². The minimum atomic E-state index is -0.236. The van der Waals surface area contributed by atoms with Gasteiger partial charge >= 0.3 is 0 Å². The van der Waals surface area contributed by atoms with Crippen LogP contribution in [-0.2, 0) is 11.3 Å². The van der Waals surface area contributed by atoms with Crippen molar-refractivity contribution in [1.29, 1.82) is 0 Å². The molecule has 0 aliphatic carbocycles. The third-order valence-corrected chi connectivity index (χ3v) is 7.28. The number of aromatic nitrogens is 1. The molecule has 1 spiro atoms. The molecule has 0 saturated carbocycles. The van der Waals surface area contributed by atoms with Crippen LogP contribution in [0.1, 0.15) is 30.4 Å². The molecular weight excluding hydrogens is 366 g/mol. The first-order valence-electron chi connectivity index (χ1n) is 10.1. The molecule has 5 rings (SSSR count). The molecule has 2 fully saturated rings. The Balaban J connectivity index is 1.35. The summed E-state index contributed by atoms with van der Waals surface area (Å²) in [6, 6.07) is 16.8. The van der Waals surface area contributed by atoms with Gasteiger partial charge in [-0.25, -0.2) is 4.98 Å². The first-order chi connectivity index (χ1) is 13.6. The summed E-state index contributed by atoms with van der Waals surface area (Å²) in [5.41, 5.74) is 3.30. The fraction of sp³-hybridized carbons (Fsp3) is 0.391. The molecule has 2 aromatic carbocycles. The molecule has 1 aromatic heterocycles. The van der Waals surface area contributed by atoms with Crippen molar-refractivity contribution in [3.05, 3.63) is 59.7 Å². The molecule has 2 saturated heterocycles. The Morgan fingerprint density at radius 2 is 2.00 bits per heavy atom. The Kier molecular flexibility index (Phi) is 4.35. The number of amides is 1. The number of aryl methyl sites for hydroxylation is 1. The second-order valence-electron chi connectivity index (χ2n) is 8.24. The highest BCUT2D eigenvalue weighted by atomic mass is 32.1. The lowest BCUT2D eigenvalue weighted by molar-refractivity contribution is -0.145. The highest BCUT2D eigenvalue weighted by molar-refractivity contribution is 7.22. The van der Waals surface area contributed by atoms with E-state index in [0.29, 0.717) is 5.91 Å². The summed E-state index contributed by atoms with van der Waals surface area (Å²) >= 11 is 1.74. The summed E-state index contributed by atoms with van der Waals surface area (Å²) in [6.45, 7) is 5.43. The maximum atomic E-state index is 13.5. The van der Waals surface area contributed by atoms with Crippen LogP contribution in [-0.4, -0.2) is 35.4 Å². The SMILES string of the molecule is Cc1cccc(CN2CCC[C@@]3(CCN(c4nc5ccccc5s4)C3)C2=O)c1. The van der Waals surface area contributed by atoms with Gasteiger partial charge in [0.2, 0.25) is 5.91 Å². The van der Waals surface area contributed by atoms with E-state index in [-0.39, 0.29) is 5.41 Å². The van der Waals surface area contributed by atoms with Crippen LogP contribution in [0.15, 0.2) is 48.5 Å². The van der Waals surface area contributed by atoms with E-state index >= 15 is 0 Å². The Morgan fingerprint density at radius 3 is 2.86 bits per heavy atom. The van der Waals surface area contributed by atoms with Crippen LogP contribution < -0.4 is 4.90 Å². The largest absolute Gasteiger partial charge is 0.347 e. The molecule has 3 aromatic rings. The van der Waals surface area contributed by atoms with Crippen molar-refractivity contribution in [2.45, 2.75) is 32.7 Å². The summed E-state index contributed by atoms with van der Waals surface area (Å²) < 4.78 is 1.22. The van der Waals surface area contributed by atoms with Gasteiger partial charge in [0.15, 0.2) is 5.13 Å². The lowest BCUT2D eigenvalue weighted by atomic mass is 9.78. The predicted octanol–water partition coefficient (Wildman–Crippen LogP) is 4.62. The van der Waals surface area contributed by atoms with Crippen LogP contribution in [0, 0.1) is 12.3 Å². The van der Waals surface area contributed by atoms with Crippen LogP contribution in [0.2, 0.25) is 0 Å². The number of carbonyl (C=O) groups excluding carboxylic acids is 1. The van der Waals surface area contributed by atoms with E-state index in [0.717, 1.165) is 56.1 Å². The smallest absolute Gasteiger partial charge is 0.230 e. The quantitative estimate of drug-likeness (QED) is 0.653. The van der Waals surface area contributed by atoms with Crippen molar-refractivity contribution in [3.63, 3.8) is 0 Å². The lowest BCUT2D eigenvalue weighted by Crippen LogP contribution is -2.49. The van der Waals surface area contributed by atoms with Crippen molar-refractivity contribution < 1.29 is 4.79 Å². The number of likely N-dealkylation sites (tertiary alicyclic amines) is 1. The molecule has 1 amide bonds. The number of rotatable bonds is 3. The van der Waals surface area contributed by atoms with E-state index in [2.05, 4.69) is 59.2 Å². The maximum Gasteiger partial charge on any atom is 0.230 e. The Morgan fingerprint density at radius 1 is 1.11 bits per heavy atom. The summed E-state index contributed by atoms with van der Waals surface area (Å²) in [5.74, 6) is 0.337. The van der Waals surface area contributed by atoms with Crippen molar-refractivity contribution in [1.82, 2.24) is 9.88 Å². The molecule has 0 N–H and O–H groups in total. The zero-order valence-corrected chi connectivity index (χ0v) is 17.0. The van der Waals surface area contributed by atoms with Crippen LogP contribution >= 0.6 is 11.3 Å². The van der Waals surface area contributed by atoms with Gasteiger partial charge < -0.3 is 9.80 Å². The highest BCUT2D eigenvalue weighted by Crippen LogP contribution is 2.43. The number of anilines is 1. The second kappa shape index (κ2) is 6.89. The first-order valence-corrected chi connectivity index (χ1v) is 10.9. The van der Waals surface area contributed by atoms with Crippen LogP contribution in [0.25, 0.3) is 10.2 Å². The Hall–Kier alpha value is -2.40. The molecule has 0 unspecified atom stereocenters. The Labute approximate surface area is 169 Å². The van der Waals surface area contributed by atoms with E-state index in [4.69, 9.17) is 4.98 Å². The number of thiazole rings is 1. The van der Waals surface area contributed by atoms with E-state index in [9.17, 15) is 4.79 Å². The standard InChI is InChI=1S/C23H25N3OS/c1-17-6-4-7-18(14-17)15-25-12-5-10-23(21(25)27)11-13-26(16-23)22-24-19-8-2-3-9-20(19)28-22/h2-4,6-9,14H,5,10-13,15-16H2,1H3/t23-/m0/s1. The minimum absolute atomic E-state index is 0.236. The van der Waals surface area contributed by atoms with Gasteiger partial charge in [-0.2, -0.15) is 0 Å². The van der Waals surface area contributed by atoms with Gasteiger partial charge in [-0.15, -0.1) is 0 Å². The zero-order valence-electron chi connectivity index (χ0n) is 16.2. The zero-order chi connectivity index (χ0) is 19.1. The molecule has 2 aliphatic rings. The first kappa shape index (κ1) is 17.7. The van der Waals surface area contributed by atoms with Crippen molar-refractivity contribution >= 4 is 32.6 Å². The average Bonchev–Trinajstić information content (AvgIpc) is 3.31. The third-order valence-electron chi connectivity index (χ3n) is 6.19. The van der Waals surface area contributed by atoms with Gasteiger partial charge in [0.1, 0.15) is 0 Å². The maximum absolute atomic E-state index is 13.5. The summed E-state index contributed by atoms with van der Waals surface area (Å²) in [7, 11) is 0. The highest BCUT2D eigenvalue weighted by Gasteiger charge is 2.48. The predicted molar refractivity (Wildman–Crippen MR) is 115 cm³/mol. The van der Waals surface area contributed by atoms with Gasteiger partial charge in [-0.05, 0) is 43.9 Å². The number of piperidine rings is 1. The minimum Gasteiger partial charge on any atom is -0.347 e. The normalized spacial score (nSPS) is 22.5. The van der Waals surface area contributed by atoms with E-state index in [1.54, 1.807) is 11.3 Å². The molecule has 1 atom stereocenters. The van der Waals surface area contributed by atoms with Gasteiger partial charge in [-0.1, -0.05) is 53.3 Å². The molecule has 3 heterocycles. The molecule has 144 valence electrons. The molecule has 2 aliphatic heterocycles. The molecule has 0 bridgehead atoms. The van der Waals surface area contributed by atoms with Crippen molar-refractivity contribution in [2.75, 3.05) is 24.5 Å². The van der Waals surface area contributed by atoms with E-state index < -0.39 is 0 Å². The van der Waals surface area contributed by atoms with Gasteiger partial charge in [0.25, 0.3) is 0 Å². The topological polar surface area (TPSA) is 36.4 Å². The average molecular weight is 392 g/mol. The molecule has 5 heteroatoms. The van der Waals surface area contributed by atoms with Gasteiger partial charge in [-0.3, -0.25) is 4.79 Å². The summed E-state index contributed by atoms with van der Waals surface area (Å²) in [5, 5.41) is 1.06. The summed E-state index contributed by atoms with van der Waals surface area (Å²) in [4.78, 5) is 22.7. The number of benzene rings is 2. The number of carbonyl (C=O) groups is 1. The number of nitrogens with zero attached hydrogens (tertiary/aromatic N) is 3. The van der Waals surface area contributed by atoms with E-state index in [1.807, 2.05) is 6.07 Å². The number of hydrogen-bond donors (Lipinski definition) is 0. The fourth-order valence-electron chi connectivity index (χ4n) is 4.74. The monoisotopic (exact) mass is 391 g/mol. The lowest BCUT2D eigenvalue weighted by Gasteiger charge is -2.39. The van der Waals surface area contributed by atoms with Crippen molar-refractivity contribution in [2.24, 2.45) is 5.41 Å². The van der Waals surface area contributed by atoms with Gasteiger partial charge in [0, 0.05) is 26.2 Å². The molecular formula is C23H25N3OS. The number of fused-ring (bicyclic) bond motifs is 1. The molecule has 28 heavy (non-hydrogen) atoms. The van der Waals surface area contributed by atoms with Crippen molar-refractivity contribution in [3.8, 4) is 0 Å². The molecule has 4 nitrogen and oxygen atoms in total. The van der Waals surface area contributed by atoms with Crippen LogP contribution in [0.5, 0.6) is 0 Å². The third kappa shape index (κ3) is 3.08. The molecule has 0 radical (unpaired) electrons. The van der Waals surface area contributed by atoms with Crippen LogP contribution in [0.3, 0.4) is 0 Å². The Bertz CT molecular complexity index is 996. The summed E-state index contributed by atoms with van der Waals surface area (Å²) in [6.07, 6.45) is 3.02. The number of hydrogen-bond acceptors (Lipinski definition) is 4. The van der Waals surface area contributed by atoms with Crippen LogP contribution in [0.4, 0.5) is 5.13 Å². The van der Waals surface area contributed by atoms with E-state index in [1.165, 1.54) is 15.8 Å².